The van der Waals surface area contributed by atoms with Crippen molar-refractivity contribution < 1.29 is 19.3 Å². The highest BCUT2D eigenvalue weighted by Gasteiger charge is 2.04. The van der Waals surface area contributed by atoms with Gasteiger partial charge in [-0.15, -0.1) is 0 Å². The van der Waals surface area contributed by atoms with Crippen LogP contribution in [0.2, 0.25) is 0 Å². The van der Waals surface area contributed by atoms with Crippen molar-refractivity contribution in [3.63, 3.8) is 0 Å². The first-order chi connectivity index (χ1) is 8.30. The highest BCUT2D eigenvalue weighted by atomic mass is 16.7. The lowest BCUT2D eigenvalue weighted by atomic mass is 10.1. The largest absolute Gasteiger partial charge is 0.493 e. The molecule has 0 bridgehead atoms. The minimum absolute atomic E-state index is 0.170. The maximum atomic E-state index is 8.79. The second-order valence-electron chi connectivity index (χ2n) is 3.66. The monoisotopic (exact) mass is 240 g/mol. The number of ether oxygens (including phenoxy) is 3. The fourth-order valence-corrected chi connectivity index (χ4v) is 1.49. The van der Waals surface area contributed by atoms with Crippen LogP contribution in [-0.4, -0.2) is 38.8 Å². The average Bonchev–Trinajstić information content (AvgIpc) is 2.37. The van der Waals surface area contributed by atoms with Crippen LogP contribution in [0.4, 0.5) is 0 Å². The van der Waals surface area contributed by atoms with E-state index in [1.165, 1.54) is 0 Å². The molecule has 1 N–H and O–H groups in total. The fraction of sp³-hybridized carbons (Fsp3) is 0.538. The molecule has 1 rings (SSSR count). The first-order valence-electron chi connectivity index (χ1n) is 5.68. The van der Waals surface area contributed by atoms with Crippen LogP contribution in [0.15, 0.2) is 24.3 Å². The standard InChI is InChI=1S/C13H20O4/c1-15-13(16-2)8-10-17-12-5-3-11(4-6-12)7-9-14/h3-6,13-14H,7-10H2,1-2H3. The van der Waals surface area contributed by atoms with Gasteiger partial charge in [0.05, 0.1) is 6.61 Å². The zero-order valence-corrected chi connectivity index (χ0v) is 10.4. The number of methoxy groups -OCH3 is 2. The molecule has 1 aromatic carbocycles. The second-order valence-corrected chi connectivity index (χ2v) is 3.66. The van der Waals surface area contributed by atoms with E-state index in [1.807, 2.05) is 24.3 Å². The van der Waals surface area contributed by atoms with Crippen LogP contribution in [0.3, 0.4) is 0 Å². The minimum atomic E-state index is -0.219. The Labute approximate surface area is 102 Å². The molecular weight excluding hydrogens is 220 g/mol. The predicted molar refractivity (Wildman–Crippen MR) is 65.1 cm³/mol. The van der Waals surface area contributed by atoms with E-state index < -0.39 is 0 Å². The Balaban J connectivity index is 2.31. The van der Waals surface area contributed by atoms with Gasteiger partial charge in [-0.25, -0.2) is 0 Å². The second kappa shape index (κ2) is 8.06. The van der Waals surface area contributed by atoms with Crippen LogP contribution in [-0.2, 0) is 15.9 Å². The molecule has 0 aliphatic rings. The third kappa shape index (κ3) is 5.17. The van der Waals surface area contributed by atoms with Crippen LogP contribution in [0.1, 0.15) is 12.0 Å². The molecule has 4 heteroatoms. The lowest BCUT2D eigenvalue weighted by Crippen LogP contribution is -2.16. The Morgan fingerprint density at radius 1 is 1.12 bits per heavy atom. The summed E-state index contributed by atoms with van der Waals surface area (Å²) in [6.45, 7) is 0.718. The van der Waals surface area contributed by atoms with E-state index in [4.69, 9.17) is 19.3 Å². The maximum absolute atomic E-state index is 8.79. The molecule has 4 nitrogen and oxygen atoms in total. The van der Waals surface area contributed by atoms with Gasteiger partial charge in [0.25, 0.3) is 0 Å². The molecule has 17 heavy (non-hydrogen) atoms. The third-order valence-electron chi connectivity index (χ3n) is 2.47. The van der Waals surface area contributed by atoms with Crippen LogP contribution < -0.4 is 4.74 Å². The zero-order chi connectivity index (χ0) is 12.5. The molecule has 0 saturated carbocycles. The molecule has 0 heterocycles. The summed E-state index contributed by atoms with van der Waals surface area (Å²) in [4.78, 5) is 0. The van der Waals surface area contributed by atoms with Crippen molar-refractivity contribution >= 4 is 0 Å². The van der Waals surface area contributed by atoms with E-state index in [9.17, 15) is 0 Å². The lowest BCUT2D eigenvalue weighted by Gasteiger charge is -2.13. The number of hydrogen-bond acceptors (Lipinski definition) is 4. The summed E-state index contributed by atoms with van der Waals surface area (Å²) < 4.78 is 15.7. The first kappa shape index (κ1) is 14.0. The van der Waals surface area contributed by atoms with E-state index in [-0.39, 0.29) is 12.9 Å². The molecule has 0 radical (unpaired) electrons. The van der Waals surface area contributed by atoms with E-state index in [0.29, 0.717) is 19.4 Å². The smallest absolute Gasteiger partial charge is 0.160 e. The molecule has 0 aromatic heterocycles. The van der Waals surface area contributed by atoms with E-state index in [0.717, 1.165) is 11.3 Å². The van der Waals surface area contributed by atoms with Gasteiger partial charge >= 0.3 is 0 Å². The van der Waals surface area contributed by atoms with Crippen molar-refractivity contribution in [3.05, 3.63) is 29.8 Å². The lowest BCUT2D eigenvalue weighted by molar-refractivity contribution is -0.110. The molecule has 0 aliphatic heterocycles. The first-order valence-corrected chi connectivity index (χ1v) is 5.68. The molecule has 0 spiro atoms. The van der Waals surface area contributed by atoms with E-state index >= 15 is 0 Å². The highest BCUT2D eigenvalue weighted by Crippen LogP contribution is 2.13. The van der Waals surface area contributed by atoms with Crippen molar-refractivity contribution in [2.24, 2.45) is 0 Å². The molecule has 1 aromatic rings. The summed E-state index contributed by atoms with van der Waals surface area (Å²) >= 11 is 0. The summed E-state index contributed by atoms with van der Waals surface area (Å²) in [7, 11) is 3.22. The Bertz CT molecular complexity index is 293. The summed E-state index contributed by atoms with van der Waals surface area (Å²) in [5.41, 5.74) is 1.10. The predicted octanol–water partition coefficient (Wildman–Crippen LogP) is 1.61. The maximum Gasteiger partial charge on any atom is 0.160 e. The van der Waals surface area contributed by atoms with Gasteiger partial charge in [0.2, 0.25) is 0 Å². The molecule has 0 aliphatic carbocycles. The summed E-state index contributed by atoms with van der Waals surface area (Å²) in [6, 6.07) is 7.71. The molecule has 0 atom stereocenters. The normalized spacial score (nSPS) is 10.8. The SMILES string of the molecule is COC(CCOc1ccc(CCO)cc1)OC. The zero-order valence-electron chi connectivity index (χ0n) is 10.4. The molecule has 0 fully saturated rings. The van der Waals surface area contributed by atoms with Crippen molar-refractivity contribution in [2.45, 2.75) is 19.1 Å². The van der Waals surface area contributed by atoms with Gasteiger partial charge in [0.1, 0.15) is 5.75 Å². The van der Waals surface area contributed by atoms with Crippen LogP contribution in [0.5, 0.6) is 5.75 Å². The van der Waals surface area contributed by atoms with Gasteiger partial charge in [-0.3, -0.25) is 0 Å². The van der Waals surface area contributed by atoms with Crippen molar-refractivity contribution in [1.82, 2.24) is 0 Å². The van der Waals surface area contributed by atoms with Gasteiger partial charge in [0, 0.05) is 27.2 Å². The number of hydrogen-bond donors (Lipinski definition) is 1. The van der Waals surface area contributed by atoms with Gasteiger partial charge in [-0.05, 0) is 24.1 Å². The van der Waals surface area contributed by atoms with Gasteiger partial charge in [0.15, 0.2) is 6.29 Å². The van der Waals surface area contributed by atoms with Crippen molar-refractivity contribution in [1.29, 1.82) is 0 Å². The topological polar surface area (TPSA) is 47.9 Å². The van der Waals surface area contributed by atoms with E-state index in [2.05, 4.69) is 0 Å². The fourth-order valence-electron chi connectivity index (χ4n) is 1.49. The number of benzene rings is 1. The highest BCUT2D eigenvalue weighted by molar-refractivity contribution is 5.27. The molecular formula is C13H20O4. The van der Waals surface area contributed by atoms with Gasteiger partial charge < -0.3 is 19.3 Å². The molecule has 0 amide bonds. The summed E-state index contributed by atoms with van der Waals surface area (Å²) in [6.07, 6.45) is 1.14. The Hall–Kier alpha value is -1.10. The van der Waals surface area contributed by atoms with Crippen LogP contribution in [0, 0.1) is 0 Å². The average molecular weight is 240 g/mol. The number of aliphatic hydroxyl groups excluding tert-OH is 1. The summed E-state index contributed by atoms with van der Waals surface area (Å²) in [5, 5.41) is 8.79. The number of rotatable bonds is 8. The Kier molecular flexibility index (Phi) is 6.62. The van der Waals surface area contributed by atoms with Crippen molar-refractivity contribution in [3.8, 4) is 5.75 Å². The summed E-state index contributed by atoms with van der Waals surface area (Å²) in [5.74, 6) is 0.817. The Morgan fingerprint density at radius 2 is 1.76 bits per heavy atom. The number of aliphatic hydroxyl groups is 1. The molecule has 96 valence electrons. The molecule has 0 saturated heterocycles. The quantitative estimate of drug-likeness (QED) is 0.701. The Morgan fingerprint density at radius 3 is 2.29 bits per heavy atom. The van der Waals surface area contributed by atoms with Gasteiger partial charge in [-0.1, -0.05) is 12.1 Å². The van der Waals surface area contributed by atoms with E-state index in [1.54, 1.807) is 14.2 Å². The third-order valence-corrected chi connectivity index (χ3v) is 2.47. The van der Waals surface area contributed by atoms with Crippen LogP contribution >= 0.6 is 0 Å². The minimum Gasteiger partial charge on any atom is -0.493 e. The van der Waals surface area contributed by atoms with Gasteiger partial charge in [-0.2, -0.15) is 0 Å². The molecule has 0 unspecified atom stereocenters. The van der Waals surface area contributed by atoms with Crippen LogP contribution in [0.25, 0.3) is 0 Å². The van der Waals surface area contributed by atoms with Crippen molar-refractivity contribution in [2.75, 3.05) is 27.4 Å².